The third kappa shape index (κ3) is 2.80. The Labute approximate surface area is 87.4 Å². The molecule has 0 saturated heterocycles. The molecule has 0 aromatic carbocycles. The normalized spacial score (nSPS) is 12.1. The highest BCUT2D eigenvalue weighted by Crippen LogP contribution is 2.14. The van der Waals surface area contributed by atoms with Gasteiger partial charge in [-0.1, -0.05) is 0 Å². The molecule has 0 bridgehead atoms. The monoisotopic (exact) mass is 210 g/mol. The minimum atomic E-state index is -0.475. The van der Waals surface area contributed by atoms with Crippen molar-refractivity contribution in [1.82, 2.24) is 15.1 Å². The second-order valence-electron chi connectivity index (χ2n) is 3.13. The van der Waals surface area contributed by atoms with Crippen molar-refractivity contribution in [3.63, 3.8) is 0 Å². The summed E-state index contributed by atoms with van der Waals surface area (Å²) in [6.45, 7) is 0. The number of likely N-dealkylation sites (N-methyl/N-ethyl adjacent to an activating group) is 1. The quantitative estimate of drug-likeness (QED) is 0.655. The van der Waals surface area contributed by atoms with Crippen LogP contribution in [0.25, 0.3) is 0 Å². The summed E-state index contributed by atoms with van der Waals surface area (Å²) in [5, 5.41) is 6.48. The van der Waals surface area contributed by atoms with Crippen molar-refractivity contribution >= 4 is 17.9 Å². The van der Waals surface area contributed by atoms with Crippen molar-refractivity contribution < 1.29 is 9.59 Å². The van der Waals surface area contributed by atoms with E-state index in [1.807, 2.05) is 0 Å². The molecule has 1 amide bonds. The summed E-state index contributed by atoms with van der Waals surface area (Å²) in [6.07, 6.45) is 4.56. The molecular formula is C9H14N4O2. The number of hydrogen-bond donors (Lipinski definition) is 2. The minimum Gasteiger partial charge on any atom is -0.396 e. The summed E-state index contributed by atoms with van der Waals surface area (Å²) < 4.78 is 1.47. The maximum absolute atomic E-state index is 11.5. The molecule has 1 unspecified atom stereocenters. The van der Waals surface area contributed by atoms with Crippen LogP contribution in [-0.4, -0.2) is 29.0 Å². The second-order valence-corrected chi connectivity index (χ2v) is 3.13. The molecule has 0 aliphatic heterocycles. The number of carbonyl (C=O) groups is 2. The summed E-state index contributed by atoms with van der Waals surface area (Å²) >= 11 is 0. The first-order chi connectivity index (χ1) is 7.19. The summed E-state index contributed by atoms with van der Waals surface area (Å²) in [5.41, 5.74) is 6.00. The molecule has 0 aliphatic carbocycles. The number of aromatic nitrogens is 2. The van der Waals surface area contributed by atoms with Gasteiger partial charge in [0.25, 0.3) is 0 Å². The van der Waals surface area contributed by atoms with Gasteiger partial charge in [0.1, 0.15) is 12.3 Å². The molecule has 0 radical (unpaired) electrons. The molecule has 0 spiro atoms. The van der Waals surface area contributed by atoms with Crippen molar-refractivity contribution in [1.29, 1.82) is 0 Å². The van der Waals surface area contributed by atoms with Gasteiger partial charge in [0.15, 0.2) is 0 Å². The smallest absolute Gasteiger partial charge is 0.244 e. The van der Waals surface area contributed by atoms with Crippen LogP contribution in [0, 0.1) is 0 Å². The van der Waals surface area contributed by atoms with E-state index in [9.17, 15) is 9.59 Å². The van der Waals surface area contributed by atoms with Crippen LogP contribution in [0.2, 0.25) is 0 Å². The van der Waals surface area contributed by atoms with E-state index in [4.69, 9.17) is 5.73 Å². The first-order valence-corrected chi connectivity index (χ1v) is 4.64. The highest BCUT2D eigenvalue weighted by molar-refractivity contribution is 5.80. The molecule has 6 nitrogen and oxygen atoms in total. The molecule has 82 valence electrons. The number of carbonyl (C=O) groups excluding carboxylic acids is 2. The maximum atomic E-state index is 11.5. The predicted octanol–water partition coefficient (Wildman–Crippen LogP) is -0.268. The number of nitrogens with zero attached hydrogens (tertiary/aromatic N) is 2. The number of aldehydes is 1. The third-order valence-corrected chi connectivity index (χ3v) is 2.05. The van der Waals surface area contributed by atoms with E-state index < -0.39 is 6.04 Å². The van der Waals surface area contributed by atoms with Crippen molar-refractivity contribution in [3.8, 4) is 0 Å². The van der Waals surface area contributed by atoms with Gasteiger partial charge in [-0.15, -0.1) is 0 Å². The lowest BCUT2D eigenvalue weighted by molar-refractivity contribution is -0.124. The van der Waals surface area contributed by atoms with Crippen molar-refractivity contribution in [3.05, 3.63) is 12.4 Å². The maximum Gasteiger partial charge on any atom is 0.244 e. The summed E-state index contributed by atoms with van der Waals surface area (Å²) in [6, 6.07) is -0.475. The standard InChI is InChI=1S/C9H14N4O2/c1-11-9(15)8(3-2-4-14)13-6-7(10)5-12-13/h4-6,8H,2-3,10H2,1H3,(H,11,15). The molecule has 1 heterocycles. The third-order valence-electron chi connectivity index (χ3n) is 2.05. The van der Waals surface area contributed by atoms with E-state index >= 15 is 0 Å². The van der Waals surface area contributed by atoms with Crippen molar-refractivity contribution in [2.75, 3.05) is 12.8 Å². The zero-order chi connectivity index (χ0) is 11.3. The number of anilines is 1. The highest BCUT2D eigenvalue weighted by Gasteiger charge is 2.19. The lowest BCUT2D eigenvalue weighted by Crippen LogP contribution is -2.30. The Morgan fingerprint density at radius 3 is 3.00 bits per heavy atom. The fourth-order valence-electron chi connectivity index (χ4n) is 1.30. The molecule has 0 aliphatic rings. The largest absolute Gasteiger partial charge is 0.396 e. The van der Waals surface area contributed by atoms with Crippen LogP contribution in [0.5, 0.6) is 0 Å². The highest BCUT2D eigenvalue weighted by atomic mass is 16.2. The summed E-state index contributed by atoms with van der Waals surface area (Å²) in [7, 11) is 1.54. The average Bonchev–Trinajstić information content (AvgIpc) is 2.65. The first-order valence-electron chi connectivity index (χ1n) is 4.64. The minimum absolute atomic E-state index is 0.181. The van der Waals surface area contributed by atoms with Gasteiger partial charge in [0, 0.05) is 19.7 Å². The molecule has 1 aromatic heterocycles. The van der Waals surface area contributed by atoms with Gasteiger partial charge < -0.3 is 15.8 Å². The van der Waals surface area contributed by atoms with E-state index in [2.05, 4.69) is 10.4 Å². The van der Waals surface area contributed by atoms with Gasteiger partial charge in [-0.05, 0) is 6.42 Å². The first kappa shape index (κ1) is 11.2. The Morgan fingerprint density at radius 1 is 1.80 bits per heavy atom. The van der Waals surface area contributed by atoms with Gasteiger partial charge in [-0.25, -0.2) is 0 Å². The van der Waals surface area contributed by atoms with Crippen LogP contribution in [0.3, 0.4) is 0 Å². The molecule has 1 rings (SSSR count). The van der Waals surface area contributed by atoms with Crippen LogP contribution in [-0.2, 0) is 9.59 Å². The molecule has 0 fully saturated rings. The van der Waals surface area contributed by atoms with Crippen LogP contribution < -0.4 is 11.1 Å². The van der Waals surface area contributed by atoms with Crippen LogP contribution in [0.1, 0.15) is 18.9 Å². The van der Waals surface area contributed by atoms with Gasteiger partial charge in [0.05, 0.1) is 11.9 Å². The van der Waals surface area contributed by atoms with Crippen LogP contribution in [0.4, 0.5) is 5.69 Å². The zero-order valence-corrected chi connectivity index (χ0v) is 8.51. The Kier molecular flexibility index (Phi) is 3.84. The van der Waals surface area contributed by atoms with Gasteiger partial charge in [0.2, 0.25) is 5.91 Å². The summed E-state index contributed by atoms with van der Waals surface area (Å²) in [4.78, 5) is 21.8. The lowest BCUT2D eigenvalue weighted by Gasteiger charge is -2.14. The fraction of sp³-hybridized carbons (Fsp3) is 0.444. The molecular weight excluding hydrogens is 196 g/mol. The number of nitrogens with one attached hydrogen (secondary N) is 1. The van der Waals surface area contributed by atoms with Gasteiger partial charge in [-0.3, -0.25) is 9.48 Å². The topological polar surface area (TPSA) is 90.0 Å². The van der Waals surface area contributed by atoms with E-state index in [0.29, 0.717) is 18.5 Å². The van der Waals surface area contributed by atoms with Crippen molar-refractivity contribution in [2.45, 2.75) is 18.9 Å². The number of amides is 1. The molecule has 3 N–H and O–H groups in total. The zero-order valence-electron chi connectivity index (χ0n) is 8.51. The number of rotatable bonds is 5. The van der Waals surface area contributed by atoms with Gasteiger partial charge >= 0.3 is 0 Å². The van der Waals surface area contributed by atoms with E-state index in [-0.39, 0.29) is 5.91 Å². The Hall–Kier alpha value is -1.85. The molecule has 1 aromatic rings. The summed E-state index contributed by atoms with van der Waals surface area (Å²) in [5.74, 6) is -0.181. The van der Waals surface area contributed by atoms with Crippen molar-refractivity contribution in [2.24, 2.45) is 0 Å². The molecule has 15 heavy (non-hydrogen) atoms. The van der Waals surface area contributed by atoms with E-state index in [1.165, 1.54) is 10.9 Å². The fourth-order valence-corrected chi connectivity index (χ4v) is 1.30. The van der Waals surface area contributed by atoms with Gasteiger partial charge in [-0.2, -0.15) is 5.10 Å². The SMILES string of the molecule is CNC(=O)C(CCC=O)n1cc(N)cn1. The van der Waals surface area contributed by atoms with E-state index in [1.54, 1.807) is 13.2 Å². The Bertz CT molecular complexity index is 348. The number of hydrogen-bond acceptors (Lipinski definition) is 4. The Balaban J connectivity index is 2.80. The molecule has 0 saturated carbocycles. The van der Waals surface area contributed by atoms with E-state index in [0.717, 1.165) is 6.29 Å². The molecule has 1 atom stereocenters. The number of nitrogen functional groups attached to an aromatic ring is 1. The lowest BCUT2D eigenvalue weighted by atomic mass is 10.1. The second kappa shape index (κ2) is 5.14. The molecule has 6 heteroatoms. The number of nitrogens with two attached hydrogens (primary N) is 1. The Morgan fingerprint density at radius 2 is 2.53 bits per heavy atom. The van der Waals surface area contributed by atoms with Crippen LogP contribution in [0.15, 0.2) is 12.4 Å². The predicted molar refractivity (Wildman–Crippen MR) is 55.0 cm³/mol. The van der Waals surface area contributed by atoms with Crippen LogP contribution >= 0.6 is 0 Å². The average molecular weight is 210 g/mol.